The van der Waals surface area contributed by atoms with Gasteiger partial charge in [0.25, 0.3) is 5.91 Å². The van der Waals surface area contributed by atoms with E-state index in [1.54, 1.807) is 6.07 Å². The molecule has 164 valence electrons. The van der Waals surface area contributed by atoms with Gasteiger partial charge >= 0.3 is 0 Å². The van der Waals surface area contributed by atoms with Crippen molar-refractivity contribution in [1.82, 2.24) is 4.31 Å². The van der Waals surface area contributed by atoms with Crippen molar-refractivity contribution < 1.29 is 18.0 Å². The SMILES string of the molecule is Cc1cc(NC(=O)c2ccc(S(=O)(=O)N3CCCC3)cc2)ccc1N1CCCCC1=O. The maximum atomic E-state index is 12.6. The van der Waals surface area contributed by atoms with Gasteiger partial charge in [-0.2, -0.15) is 4.31 Å². The molecule has 0 spiro atoms. The molecule has 0 aliphatic carbocycles. The first kappa shape index (κ1) is 21.5. The van der Waals surface area contributed by atoms with Crippen molar-refractivity contribution in [2.75, 3.05) is 29.9 Å². The van der Waals surface area contributed by atoms with Crippen molar-refractivity contribution in [3.8, 4) is 0 Å². The lowest BCUT2D eigenvalue weighted by molar-refractivity contribution is -0.119. The van der Waals surface area contributed by atoms with E-state index in [4.69, 9.17) is 0 Å². The molecule has 0 bridgehead atoms. The van der Waals surface area contributed by atoms with E-state index in [1.807, 2.05) is 24.0 Å². The summed E-state index contributed by atoms with van der Waals surface area (Å²) in [6, 6.07) is 11.5. The quantitative estimate of drug-likeness (QED) is 0.769. The van der Waals surface area contributed by atoms with E-state index in [0.29, 0.717) is 30.8 Å². The highest BCUT2D eigenvalue weighted by Crippen LogP contribution is 2.27. The molecule has 2 aromatic rings. The molecular weight excluding hydrogens is 414 g/mol. The standard InChI is InChI=1S/C23H27N3O4S/c1-17-16-19(9-12-21(17)26-15-3-2-6-22(26)27)24-23(28)18-7-10-20(11-8-18)31(29,30)25-13-4-5-14-25/h7-12,16H,2-6,13-15H2,1H3,(H,24,28). The molecule has 0 radical (unpaired) electrons. The Labute approximate surface area is 183 Å². The number of sulfonamides is 1. The highest BCUT2D eigenvalue weighted by atomic mass is 32.2. The van der Waals surface area contributed by atoms with Crippen molar-refractivity contribution in [2.24, 2.45) is 0 Å². The average molecular weight is 442 g/mol. The number of hydrogen-bond acceptors (Lipinski definition) is 4. The minimum absolute atomic E-state index is 0.134. The first-order chi connectivity index (χ1) is 14.9. The fourth-order valence-corrected chi connectivity index (χ4v) is 5.67. The Morgan fingerprint density at radius 3 is 2.26 bits per heavy atom. The molecule has 4 rings (SSSR count). The maximum Gasteiger partial charge on any atom is 0.255 e. The number of piperidine rings is 1. The normalized spacial score (nSPS) is 17.7. The summed E-state index contributed by atoms with van der Waals surface area (Å²) in [5.41, 5.74) is 2.80. The lowest BCUT2D eigenvalue weighted by Crippen LogP contribution is -2.35. The Bertz CT molecular complexity index is 1090. The number of hydrogen-bond donors (Lipinski definition) is 1. The minimum Gasteiger partial charge on any atom is -0.322 e. The molecule has 31 heavy (non-hydrogen) atoms. The number of amides is 2. The van der Waals surface area contributed by atoms with Crippen LogP contribution in [0.3, 0.4) is 0 Å². The molecule has 2 aliphatic heterocycles. The Balaban J connectivity index is 1.45. The summed E-state index contributed by atoms with van der Waals surface area (Å²) >= 11 is 0. The van der Waals surface area contributed by atoms with E-state index in [9.17, 15) is 18.0 Å². The van der Waals surface area contributed by atoms with Crippen LogP contribution in [0.15, 0.2) is 47.4 Å². The molecule has 0 atom stereocenters. The molecule has 2 saturated heterocycles. The van der Waals surface area contributed by atoms with Crippen LogP contribution in [0.2, 0.25) is 0 Å². The van der Waals surface area contributed by atoms with Crippen molar-refractivity contribution in [1.29, 1.82) is 0 Å². The summed E-state index contributed by atoms with van der Waals surface area (Å²) in [4.78, 5) is 26.8. The molecule has 0 unspecified atom stereocenters. The average Bonchev–Trinajstić information content (AvgIpc) is 3.31. The lowest BCUT2D eigenvalue weighted by Gasteiger charge is -2.28. The number of carbonyl (C=O) groups is 2. The Hall–Kier alpha value is -2.71. The van der Waals surface area contributed by atoms with E-state index in [0.717, 1.165) is 43.5 Å². The molecule has 2 amide bonds. The summed E-state index contributed by atoms with van der Waals surface area (Å²) in [6.45, 7) is 3.73. The third-order valence-corrected chi connectivity index (χ3v) is 7.80. The van der Waals surface area contributed by atoms with Gasteiger partial charge in [-0.25, -0.2) is 8.42 Å². The molecule has 2 aromatic carbocycles. The van der Waals surface area contributed by atoms with Crippen LogP contribution in [-0.2, 0) is 14.8 Å². The van der Waals surface area contributed by atoms with Crippen molar-refractivity contribution >= 4 is 33.2 Å². The summed E-state index contributed by atoms with van der Waals surface area (Å²) < 4.78 is 26.7. The van der Waals surface area contributed by atoms with E-state index in [1.165, 1.54) is 28.6 Å². The van der Waals surface area contributed by atoms with E-state index in [-0.39, 0.29) is 16.7 Å². The van der Waals surface area contributed by atoms with Crippen LogP contribution in [0.1, 0.15) is 48.0 Å². The predicted octanol–water partition coefficient (Wildman–Crippen LogP) is 3.55. The fourth-order valence-electron chi connectivity index (χ4n) is 4.16. The van der Waals surface area contributed by atoms with Gasteiger partial charge in [0, 0.05) is 43.0 Å². The van der Waals surface area contributed by atoms with Crippen molar-refractivity contribution in [2.45, 2.75) is 43.9 Å². The van der Waals surface area contributed by atoms with Crippen LogP contribution < -0.4 is 10.2 Å². The third-order valence-electron chi connectivity index (χ3n) is 5.89. The van der Waals surface area contributed by atoms with Gasteiger partial charge < -0.3 is 10.2 Å². The maximum absolute atomic E-state index is 12.6. The Kier molecular flexibility index (Phi) is 6.11. The molecule has 0 saturated carbocycles. The summed E-state index contributed by atoms with van der Waals surface area (Å²) in [5.74, 6) is -0.179. The van der Waals surface area contributed by atoms with Crippen molar-refractivity contribution in [3.63, 3.8) is 0 Å². The second-order valence-corrected chi connectivity index (χ2v) is 10.0. The van der Waals surface area contributed by atoms with Crippen LogP contribution in [0.5, 0.6) is 0 Å². The smallest absolute Gasteiger partial charge is 0.255 e. The van der Waals surface area contributed by atoms with Gasteiger partial charge in [0.2, 0.25) is 15.9 Å². The minimum atomic E-state index is -3.50. The van der Waals surface area contributed by atoms with Gasteiger partial charge in [-0.05, 0) is 80.6 Å². The predicted molar refractivity (Wildman–Crippen MR) is 120 cm³/mol. The largest absolute Gasteiger partial charge is 0.322 e. The Morgan fingerprint density at radius 1 is 0.935 bits per heavy atom. The van der Waals surface area contributed by atoms with Crippen LogP contribution in [0, 0.1) is 6.92 Å². The molecular formula is C23H27N3O4S. The van der Waals surface area contributed by atoms with Gasteiger partial charge in [0.15, 0.2) is 0 Å². The third kappa shape index (κ3) is 4.50. The fraction of sp³-hybridized carbons (Fsp3) is 0.391. The van der Waals surface area contributed by atoms with Crippen LogP contribution in [-0.4, -0.2) is 44.2 Å². The Morgan fingerprint density at radius 2 is 1.61 bits per heavy atom. The van der Waals surface area contributed by atoms with E-state index < -0.39 is 10.0 Å². The number of nitrogens with zero attached hydrogens (tertiary/aromatic N) is 2. The number of rotatable bonds is 5. The van der Waals surface area contributed by atoms with Gasteiger partial charge in [-0.1, -0.05) is 0 Å². The summed E-state index contributed by atoms with van der Waals surface area (Å²) in [5, 5.41) is 2.85. The van der Waals surface area contributed by atoms with Gasteiger partial charge in [0.1, 0.15) is 0 Å². The molecule has 1 N–H and O–H groups in total. The second-order valence-electron chi connectivity index (χ2n) is 8.09. The molecule has 2 aliphatic rings. The molecule has 8 heteroatoms. The monoisotopic (exact) mass is 441 g/mol. The van der Waals surface area contributed by atoms with Crippen LogP contribution in [0.4, 0.5) is 11.4 Å². The number of carbonyl (C=O) groups excluding carboxylic acids is 2. The van der Waals surface area contributed by atoms with Gasteiger partial charge in [0.05, 0.1) is 4.90 Å². The van der Waals surface area contributed by atoms with Gasteiger partial charge in [-0.15, -0.1) is 0 Å². The zero-order valence-corrected chi connectivity index (χ0v) is 18.5. The summed E-state index contributed by atoms with van der Waals surface area (Å²) in [7, 11) is -3.50. The van der Waals surface area contributed by atoms with Crippen molar-refractivity contribution in [3.05, 3.63) is 53.6 Å². The van der Waals surface area contributed by atoms with E-state index >= 15 is 0 Å². The van der Waals surface area contributed by atoms with E-state index in [2.05, 4.69) is 5.32 Å². The number of benzene rings is 2. The first-order valence-corrected chi connectivity index (χ1v) is 12.1. The topological polar surface area (TPSA) is 86.8 Å². The highest BCUT2D eigenvalue weighted by molar-refractivity contribution is 7.89. The number of aryl methyl sites for hydroxylation is 1. The molecule has 2 heterocycles. The van der Waals surface area contributed by atoms with Crippen LogP contribution >= 0.6 is 0 Å². The highest BCUT2D eigenvalue weighted by Gasteiger charge is 2.27. The number of nitrogens with one attached hydrogen (secondary N) is 1. The zero-order chi connectivity index (χ0) is 22.0. The first-order valence-electron chi connectivity index (χ1n) is 10.7. The molecule has 0 aromatic heterocycles. The lowest BCUT2D eigenvalue weighted by atomic mass is 10.1. The summed E-state index contributed by atoms with van der Waals surface area (Å²) in [6.07, 6.45) is 4.25. The second kappa shape index (κ2) is 8.80. The molecule has 2 fully saturated rings. The molecule has 7 nitrogen and oxygen atoms in total. The zero-order valence-electron chi connectivity index (χ0n) is 17.6. The van der Waals surface area contributed by atoms with Crippen LogP contribution in [0.25, 0.3) is 0 Å². The van der Waals surface area contributed by atoms with Gasteiger partial charge in [-0.3, -0.25) is 9.59 Å². The number of anilines is 2.